The summed E-state index contributed by atoms with van der Waals surface area (Å²) in [4.78, 5) is 0. The Kier molecular flexibility index (Phi) is 3.29. The summed E-state index contributed by atoms with van der Waals surface area (Å²) in [5.74, 6) is 2.37. The van der Waals surface area contributed by atoms with Gasteiger partial charge in [0, 0.05) is 0 Å². The zero-order valence-corrected chi connectivity index (χ0v) is 13.3. The van der Waals surface area contributed by atoms with Crippen LogP contribution in [0.2, 0.25) is 0 Å². The van der Waals surface area contributed by atoms with Gasteiger partial charge in [0.2, 0.25) is 0 Å². The second-order valence-electron chi connectivity index (χ2n) is 6.56. The van der Waals surface area contributed by atoms with Gasteiger partial charge in [0.1, 0.15) is 5.75 Å². The molecule has 0 amide bonds. The highest BCUT2D eigenvalue weighted by Gasteiger charge is 2.35. The number of methoxy groups -OCH3 is 1. The fourth-order valence-corrected chi connectivity index (χ4v) is 4.31. The van der Waals surface area contributed by atoms with E-state index in [4.69, 9.17) is 4.74 Å². The fraction of sp³-hybridized carbons (Fsp3) is 0.333. The first-order chi connectivity index (χ1) is 10.8. The summed E-state index contributed by atoms with van der Waals surface area (Å²) in [6.45, 7) is 2.13. The number of benzene rings is 2. The summed E-state index contributed by atoms with van der Waals surface area (Å²) < 4.78 is 5.41. The molecule has 1 saturated carbocycles. The van der Waals surface area contributed by atoms with E-state index in [1.54, 1.807) is 12.7 Å². The Morgan fingerprint density at radius 1 is 1.00 bits per heavy atom. The molecule has 2 atom stereocenters. The second-order valence-corrected chi connectivity index (χ2v) is 6.56. The first-order valence-electron chi connectivity index (χ1n) is 8.23. The maximum absolute atomic E-state index is 5.41. The van der Waals surface area contributed by atoms with Gasteiger partial charge in [-0.05, 0) is 71.6 Å². The predicted octanol–water partition coefficient (Wildman–Crippen LogP) is 5.44. The van der Waals surface area contributed by atoms with Crippen molar-refractivity contribution in [2.75, 3.05) is 7.11 Å². The molecule has 0 N–H and O–H groups in total. The second kappa shape index (κ2) is 5.31. The van der Waals surface area contributed by atoms with Crippen molar-refractivity contribution < 1.29 is 4.74 Å². The number of ether oxygens (including phenoxy) is 1. The average Bonchev–Trinajstić information content (AvgIpc) is 3.04. The highest BCUT2D eigenvalue weighted by Crippen LogP contribution is 2.51. The van der Waals surface area contributed by atoms with Crippen LogP contribution in [0, 0.1) is 12.8 Å². The largest absolute Gasteiger partial charge is 0.496 e. The van der Waals surface area contributed by atoms with Crippen LogP contribution in [0.3, 0.4) is 0 Å². The van der Waals surface area contributed by atoms with Gasteiger partial charge in [-0.15, -0.1) is 0 Å². The van der Waals surface area contributed by atoms with Gasteiger partial charge in [0.25, 0.3) is 0 Å². The highest BCUT2D eigenvalue weighted by molar-refractivity contribution is 5.87. The molecule has 0 aromatic heterocycles. The molecule has 22 heavy (non-hydrogen) atoms. The third-order valence-corrected chi connectivity index (χ3v) is 5.35. The van der Waals surface area contributed by atoms with Gasteiger partial charge in [0.15, 0.2) is 0 Å². The molecule has 0 saturated heterocycles. The molecule has 2 aromatic rings. The van der Waals surface area contributed by atoms with E-state index in [0.717, 1.165) is 5.75 Å². The molecule has 1 fully saturated rings. The summed E-state index contributed by atoms with van der Waals surface area (Å²) >= 11 is 0. The Morgan fingerprint density at radius 2 is 1.82 bits per heavy atom. The van der Waals surface area contributed by atoms with Gasteiger partial charge >= 0.3 is 0 Å². The Labute approximate surface area is 132 Å². The van der Waals surface area contributed by atoms with Gasteiger partial charge in [-0.25, -0.2) is 0 Å². The van der Waals surface area contributed by atoms with Crippen LogP contribution in [-0.2, 0) is 0 Å². The Balaban J connectivity index is 1.84. The normalized spacial score (nSPS) is 22.7. The number of allylic oxidation sites excluding steroid dienone is 1. The molecule has 0 radical (unpaired) electrons. The van der Waals surface area contributed by atoms with E-state index in [2.05, 4.69) is 55.5 Å². The fourth-order valence-electron chi connectivity index (χ4n) is 4.31. The Hall–Kier alpha value is -2.02. The van der Waals surface area contributed by atoms with Crippen molar-refractivity contribution in [2.45, 2.75) is 32.1 Å². The molecule has 0 spiro atoms. The lowest BCUT2D eigenvalue weighted by molar-refractivity contribution is 0.411. The maximum Gasteiger partial charge on any atom is 0.121 e. The van der Waals surface area contributed by atoms with Crippen LogP contribution in [0.4, 0.5) is 0 Å². The van der Waals surface area contributed by atoms with E-state index in [1.807, 2.05) is 0 Å². The zero-order chi connectivity index (χ0) is 15.1. The van der Waals surface area contributed by atoms with Crippen LogP contribution in [0.25, 0.3) is 11.6 Å². The number of hydrogen-bond donors (Lipinski definition) is 0. The molecule has 0 unspecified atom stereocenters. The minimum atomic E-state index is 0.683. The summed E-state index contributed by atoms with van der Waals surface area (Å²) in [6.07, 6.45) is 6.41. The van der Waals surface area contributed by atoms with Crippen LogP contribution < -0.4 is 4.74 Å². The lowest BCUT2D eigenvalue weighted by Crippen LogP contribution is -2.14. The van der Waals surface area contributed by atoms with E-state index in [-0.39, 0.29) is 0 Å². The standard InChI is InChI=1S/C21H22O/c1-14-12-16(10-11-21(14)22-2)20-13-15-6-3-4-7-17(15)18-8-5-9-19(18)20/h3-4,6-7,10-13,18-19H,5,8-9H2,1-2H3/t18-,19-/m0/s1. The van der Waals surface area contributed by atoms with E-state index in [9.17, 15) is 0 Å². The molecule has 2 aliphatic rings. The van der Waals surface area contributed by atoms with E-state index in [0.29, 0.717) is 11.8 Å². The van der Waals surface area contributed by atoms with E-state index < -0.39 is 0 Å². The quantitative estimate of drug-likeness (QED) is 0.715. The summed E-state index contributed by atoms with van der Waals surface area (Å²) in [5, 5.41) is 0. The van der Waals surface area contributed by atoms with Gasteiger partial charge in [-0.3, -0.25) is 0 Å². The lowest BCUT2D eigenvalue weighted by Gasteiger charge is -2.30. The van der Waals surface area contributed by atoms with Crippen LogP contribution >= 0.6 is 0 Å². The van der Waals surface area contributed by atoms with Crippen molar-refractivity contribution in [1.82, 2.24) is 0 Å². The summed E-state index contributed by atoms with van der Waals surface area (Å²) in [7, 11) is 1.74. The average molecular weight is 290 g/mol. The molecule has 0 heterocycles. The van der Waals surface area contributed by atoms with E-state index >= 15 is 0 Å². The van der Waals surface area contributed by atoms with Crippen molar-refractivity contribution in [3.8, 4) is 5.75 Å². The minimum Gasteiger partial charge on any atom is -0.496 e. The molecule has 0 aliphatic heterocycles. The summed E-state index contributed by atoms with van der Waals surface area (Å²) in [5.41, 5.74) is 7.07. The number of aryl methyl sites for hydroxylation is 1. The molecular formula is C21H22O. The van der Waals surface area contributed by atoms with Gasteiger partial charge < -0.3 is 4.74 Å². The zero-order valence-electron chi connectivity index (χ0n) is 13.3. The number of hydrogen-bond acceptors (Lipinski definition) is 1. The minimum absolute atomic E-state index is 0.683. The first-order valence-corrected chi connectivity index (χ1v) is 8.23. The number of rotatable bonds is 2. The Bertz CT molecular complexity index is 741. The SMILES string of the molecule is COc1ccc(C2=Cc3ccccc3[C@@H]3CCC[C@H]23)cc1C. The van der Waals surface area contributed by atoms with Crippen LogP contribution in [0.1, 0.15) is 47.4 Å². The highest BCUT2D eigenvalue weighted by atomic mass is 16.5. The van der Waals surface area contributed by atoms with Gasteiger partial charge in [-0.2, -0.15) is 0 Å². The smallest absolute Gasteiger partial charge is 0.121 e. The van der Waals surface area contributed by atoms with Crippen molar-refractivity contribution in [2.24, 2.45) is 5.92 Å². The van der Waals surface area contributed by atoms with Crippen LogP contribution in [0.5, 0.6) is 5.75 Å². The lowest BCUT2D eigenvalue weighted by atomic mass is 9.74. The van der Waals surface area contributed by atoms with Crippen molar-refractivity contribution in [3.05, 3.63) is 64.7 Å². The van der Waals surface area contributed by atoms with Gasteiger partial charge in [-0.1, -0.05) is 42.8 Å². The molecule has 112 valence electrons. The molecule has 2 aromatic carbocycles. The van der Waals surface area contributed by atoms with E-state index in [1.165, 1.54) is 41.5 Å². The monoisotopic (exact) mass is 290 g/mol. The molecule has 2 aliphatic carbocycles. The number of fused-ring (bicyclic) bond motifs is 3. The van der Waals surface area contributed by atoms with Crippen LogP contribution in [0.15, 0.2) is 42.5 Å². The van der Waals surface area contributed by atoms with Crippen LogP contribution in [-0.4, -0.2) is 7.11 Å². The first kappa shape index (κ1) is 13.6. The molecule has 1 heteroatoms. The van der Waals surface area contributed by atoms with Gasteiger partial charge in [0.05, 0.1) is 7.11 Å². The molecule has 4 rings (SSSR count). The van der Waals surface area contributed by atoms with Crippen molar-refractivity contribution in [3.63, 3.8) is 0 Å². The predicted molar refractivity (Wildman–Crippen MR) is 92.1 cm³/mol. The van der Waals surface area contributed by atoms with Crippen molar-refractivity contribution in [1.29, 1.82) is 0 Å². The topological polar surface area (TPSA) is 9.23 Å². The maximum atomic E-state index is 5.41. The third-order valence-electron chi connectivity index (χ3n) is 5.35. The molecule has 0 bridgehead atoms. The summed E-state index contributed by atoms with van der Waals surface area (Å²) in [6, 6.07) is 15.5. The Morgan fingerprint density at radius 3 is 2.64 bits per heavy atom. The molecular weight excluding hydrogens is 268 g/mol. The third kappa shape index (κ3) is 2.08. The molecule has 1 nitrogen and oxygen atoms in total. The van der Waals surface area contributed by atoms with Crippen molar-refractivity contribution >= 4 is 11.6 Å².